The summed E-state index contributed by atoms with van der Waals surface area (Å²) in [5, 5.41) is 8.64. The van der Waals surface area contributed by atoms with Gasteiger partial charge in [0.15, 0.2) is 0 Å². The van der Waals surface area contributed by atoms with Gasteiger partial charge in [-0.15, -0.1) is 11.3 Å². The monoisotopic (exact) mass is 328 g/mol. The van der Waals surface area contributed by atoms with Gasteiger partial charge in [0.1, 0.15) is 4.90 Å². The summed E-state index contributed by atoms with van der Waals surface area (Å²) in [4.78, 5) is 1.21. The lowest BCUT2D eigenvalue weighted by molar-refractivity contribution is 0.350. The Kier molecular flexibility index (Phi) is 4.82. The Morgan fingerprint density at radius 3 is 2.71 bits per heavy atom. The smallest absolute Gasteiger partial charge is 0.247 e. The molecular weight excluding hydrogens is 308 g/mol. The lowest BCUT2D eigenvalue weighted by Gasteiger charge is -2.25. The number of H-pyrrole nitrogens is 1. The third-order valence-corrected chi connectivity index (χ3v) is 6.28. The minimum Gasteiger partial charge on any atom is -0.325 e. The van der Waals surface area contributed by atoms with Crippen LogP contribution in [0.5, 0.6) is 0 Å². The van der Waals surface area contributed by atoms with Gasteiger partial charge in [-0.1, -0.05) is 6.07 Å². The maximum atomic E-state index is 13.0. The topological polar surface area (TPSA) is 92.1 Å². The van der Waals surface area contributed by atoms with Crippen molar-refractivity contribution >= 4 is 21.4 Å². The first-order valence-electron chi connectivity index (χ1n) is 6.66. The van der Waals surface area contributed by atoms with E-state index in [4.69, 9.17) is 5.73 Å². The van der Waals surface area contributed by atoms with Crippen LogP contribution in [0.15, 0.2) is 22.4 Å². The van der Waals surface area contributed by atoms with Gasteiger partial charge in [0, 0.05) is 24.0 Å². The van der Waals surface area contributed by atoms with Crippen LogP contribution in [0.2, 0.25) is 0 Å². The van der Waals surface area contributed by atoms with Crippen LogP contribution in [0, 0.1) is 6.92 Å². The zero-order chi connectivity index (χ0) is 15.6. The lowest BCUT2D eigenvalue weighted by Crippen LogP contribution is -2.36. The number of thiophene rings is 1. The highest BCUT2D eigenvalue weighted by Crippen LogP contribution is 2.26. The van der Waals surface area contributed by atoms with Crippen LogP contribution < -0.4 is 5.73 Å². The quantitative estimate of drug-likeness (QED) is 0.846. The third-order valence-electron chi connectivity index (χ3n) is 3.19. The molecule has 2 rings (SSSR count). The molecule has 0 radical (unpaired) electrons. The van der Waals surface area contributed by atoms with Crippen molar-refractivity contribution in [3.05, 3.63) is 33.8 Å². The van der Waals surface area contributed by atoms with Gasteiger partial charge in [-0.2, -0.15) is 9.40 Å². The van der Waals surface area contributed by atoms with Crippen molar-refractivity contribution in [1.82, 2.24) is 14.5 Å². The summed E-state index contributed by atoms with van der Waals surface area (Å²) in [7, 11) is -3.64. The summed E-state index contributed by atoms with van der Waals surface area (Å²) in [5.41, 5.74) is 6.51. The van der Waals surface area contributed by atoms with E-state index in [1.165, 1.54) is 4.31 Å². The van der Waals surface area contributed by atoms with Gasteiger partial charge in [0.05, 0.1) is 11.4 Å². The Balaban J connectivity index is 2.45. The van der Waals surface area contributed by atoms with Crippen molar-refractivity contribution in [3.63, 3.8) is 0 Å². The maximum absolute atomic E-state index is 13.0. The molecule has 0 aliphatic heterocycles. The van der Waals surface area contributed by atoms with Crippen LogP contribution in [0.25, 0.3) is 0 Å². The number of nitrogens with two attached hydrogens (primary N) is 1. The third kappa shape index (κ3) is 3.18. The second-order valence-corrected chi connectivity index (χ2v) is 7.91. The highest BCUT2D eigenvalue weighted by Gasteiger charge is 2.32. The van der Waals surface area contributed by atoms with E-state index in [1.54, 1.807) is 18.3 Å². The highest BCUT2D eigenvalue weighted by molar-refractivity contribution is 7.89. The summed E-state index contributed by atoms with van der Waals surface area (Å²) in [5.74, 6) is 0. The van der Waals surface area contributed by atoms with Crippen LogP contribution in [0.4, 0.5) is 0 Å². The number of sulfonamides is 1. The molecule has 0 fully saturated rings. The fraction of sp³-hybridized carbons (Fsp3) is 0.462. The van der Waals surface area contributed by atoms with Crippen molar-refractivity contribution in [3.8, 4) is 0 Å². The first kappa shape index (κ1) is 16.2. The van der Waals surface area contributed by atoms with E-state index >= 15 is 0 Å². The predicted molar refractivity (Wildman–Crippen MR) is 83.4 cm³/mol. The molecule has 6 nitrogen and oxygen atoms in total. The van der Waals surface area contributed by atoms with Crippen molar-refractivity contribution < 1.29 is 8.42 Å². The van der Waals surface area contributed by atoms with Crippen LogP contribution in [-0.2, 0) is 23.1 Å². The molecule has 0 aliphatic carbocycles. The number of hydrogen-bond acceptors (Lipinski definition) is 5. The van der Waals surface area contributed by atoms with Crippen LogP contribution in [0.1, 0.15) is 30.1 Å². The summed E-state index contributed by atoms with van der Waals surface area (Å²) in [6.07, 6.45) is 0. The van der Waals surface area contributed by atoms with Crippen molar-refractivity contribution in [2.45, 2.75) is 44.8 Å². The molecule has 2 aromatic rings. The van der Waals surface area contributed by atoms with E-state index in [9.17, 15) is 8.42 Å². The number of hydrogen-bond donors (Lipinski definition) is 2. The average Bonchev–Trinajstić information content (AvgIpc) is 3.04. The summed E-state index contributed by atoms with van der Waals surface area (Å²) in [6, 6.07) is 3.69. The number of nitrogens with zero attached hydrogens (tertiary/aromatic N) is 2. The molecule has 2 aromatic heterocycles. The Morgan fingerprint density at radius 1 is 1.48 bits per heavy atom. The molecule has 0 spiro atoms. The van der Waals surface area contributed by atoms with E-state index in [1.807, 2.05) is 31.4 Å². The van der Waals surface area contributed by atoms with E-state index < -0.39 is 10.0 Å². The van der Waals surface area contributed by atoms with E-state index in [0.717, 1.165) is 4.88 Å². The van der Waals surface area contributed by atoms with Gasteiger partial charge in [-0.25, -0.2) is 8.42 Å². The molecule has 0 atom stereocenters. The van der Waals surface area contributed by atoms with Crippen molar-refractivity contribution in [1.29, 1.82) is 0 Å². The number of aromatic amines is 1. The molecule has 8 heteroatoms. The number of aryl methyl sites for hydroxylation is 1. The van der Waals surface area contributed by atoms with Crippen LogP contribution in [0.3, 0.4) is 0 Å². The molecule has 0 aliphatic rings. The van der Waals surface area contributed by atoms with Gasteiger partial charge >= 0.3 is 0 Å². The second kappa shape index (κ2) is 6.27. The van der Waals surface area contributed by atoms with Gasteiger partial charge in [-0.05, 0) is 32.2 Å². The van der Waals surface area contributed by atoms with Gasteiger partial charge < -0.3 is 5.73 Å². The summed E-state index contributed by atoms with van der Waals surface area (Å²) >= 11 is 1.54. The molecule has 3 N–H and O–H groups in total. The first-order chi connectivity index (χ1) is 9.87. The number of nitrogens with one attached hydrogen (secondary N) is 1. The van der Waals surface area contributed by atoms with E-state index in [0.29, 0.717) is 17.9 Å². The minimum absolute atomic E-state index is 0.0871. The molecule has 21 heavy (non-hydrogen) atoms. The molecule has 2 heterocycles. The molecule has 116 valence electrons. The molecule has 0 aromatic carbocycles. The normalized spacial score (nSPS) is 12.5. The zero-order valence-electron chi connectivity index (χ0n) is 12.3. The molecule has 0 bridgehead atoms. The lowest BCUT2D eigenvalue weighted by atomic mass is 10.3. The fourth-order valence-corrected chi connectivity index (χ4v) is 4.91. The van der Waals surface area contributed by atoms with Gasteiger partial charge in [-0.3, -0.25) is 5.10 Å². The number of rotatable bonds is 6. The highest BCUT2D eigenvalue weighted by atomic mass is 32.2. The Morgan fingerprint density at radius 2 is 2.19 bits per heavy atom. The standard InChI is InChI=1S/C13H20N4O2S2/c1-9(2)17(8-11-5-4-6-20-11)21(18,19)13-10(3)15-16-12(13)7-14/h4-6,9H,7-8,14H2,1-3H3,(H,15,16). The van der Waals surface area contributed by atoms with E-state index in [-0.39, 0.29) is 17.5 Å². The van der Waals surface area contributed by atoms with Crippen molar-refractivity contribution in [2.75, 3.05) is 0 Å². The second-order valence-electron chi connectivity index (χ2n) is 5.05. The Hall–Kier alpha value is -1.22. The Bertz CT molecular complexity index is 690. The van der Waals surface area contributed by atoms with Gasteiger partial charge in [0.25, 0.3) is 0 Å². The molecule has 0 saturated carbocycles. The predicted octanol–water partition coefficient (Wildman–Crippen LogP) is 1.84. The van der Waals surface area contributed by atoms with Crippen LogP contribution >= 0.6 is 11.3 Å². The molecule has 0 saturated heterocycles. The largest absolute Gasteiger partial charge is 0.325 e. The Labute approximate surface area is 129 Å². The average molecular weight is 328 g/mol. The maximum Gasteiger partial charge on any atom is 0.247 e. The molecule has 0 amide bonds. The van der Waals surface area contributed by atoms with Crippen LogP contribution in [-0.4, -0.2) is 29.0 Å². The van der Waals surface area contributed by atoms with Crippen molar-refractivity contribution in [2.24, 2.45) is 5.73 Å². The summed E-state index contributed by atoms with van der Waals surface area (Å²) < 4.78 is 27.4. The zero-order valence-corrected chi connectivity index (χ0v) is 14.0. The molecule has 0 unspecified atom stereocenters. The van der Waals surface area contributed by atoms with Gasteiger partial charge in [0.2, 0.25) is 10.0 Å². The summed E-state index contributed by atoms with van der Waals surface area (Å²) in [6.45, 7) is 5.87. The first-order valence-corrected chi connectivity index (χ1v) is 8.98. The number of aromatic nitrogens is 2. The fourth-order valence-electron chi connectivity index (χ4n) is 2.17. The van der Waals surface area contributed by atoms with E-state index in [2.05, 4.69) is 10.2 Å². The molecular formula is C13H20N4O2S2. The minimum atomic E-state index is -3.64. The SMILES string of the molecule is Cc1[nH]nc(CN)c1S(=O)(=O)N(Cc1cccs1)C(C)C.